The molecule has 3 rings (SSSR count). The summed E-state index contributed by atoms with van der Waals surface area (Å²) < 4.78 is 5.37. The molecule has 25 heavy (non-hydrogen) atoms. The standard InChI is InChI=1S/C20H28N2O3/c1-22(2)20(11-7-3-4-8-12-20)14-21-18(23)17-13-15-9-5-6-10-16(15)19(24)25-17/h5-6,9-10,17H,3-4,7-8,11-14H2,1-2H3,(H,21,23). The second-order valence-electron chi connectivity index (χ2n) is 7.51. The molecule has 0 aromatic heterocycles. The first-order valence-electron chi connectivity index (χ1n) is 9.26. The number of likely N-dealkylation sites (N-methyl/N-ethyl adjacent to an activating group) is 1. The average Bonchev–Trinajstić information content (AvgIpc) is 2.86. The van der Waals surface area contributed by atoms with E-state index in [2.05, 4.69) is 24.3 Å². The molecular formula is C20H28N2O3. The van der Waals surface area contributed by atoms with Gasteiger partial charge in [-0.1, -0.05) is 43.9 Å². The zero-order chi connectivity index (χ0) is 17.9. The van der Waals surface area contributed by atoms with Gasteiger partial charge in [0.15, 0.2) is 6.10 Å². The maximum Gasteiger partial charge on any atom is 0.339 e. The van der Waals surface area contributed by atoms with Crippen LogP contribution < -0.4 is 5.32 Å². The van der Waals surface area contributed by atoms with Crippen molar-refractivity contribution in [3.05, 3.63) is 35.4 Å². The van der Waals surface area contributed by atoms with E-state index in [1.807, 2.05) is 18.2 Å². The molecule has 1 unspecified atom stereocenters. The lowest BCUT2D eigenvalue weighted by Gasteiger charge is -2.40. The molecule has 0 saturated heterocycles. The van der Waals surface area contributed by atoms with E-state index in [1.54, 1.807) is 6.07 Å². The number of cyclic esters (lactones) is 1. The quantitative estimate of drug-likeness (QED) is 0.674. The summed E-state index contributed by atoms with van der Waals surface area (Å²) in [4.78, 5) is 27.0. The highest BCUT2D eigenvalue weighted by Gasteiger charge is 2.36. The fraction of sp³-hybridized carbons (Fsp3) is 0.600. The molecule has 1 fully saturated rings. The molecule has 1 aromatic carbocycles. The van der Waals surface area contributed by atoms with Crippen molar-refractivity contribution in [1.82, 2.24) is 10.2 Å². The smallest absolute Gasteiger partial charge is 0.339 e. The number of amides is 1. The lowest BCUT2D eigenvalue weighted by molar-refractivity contribution is -0.131. The van der Waals surface area contributed by atoms with Crippen molar-refractivity contribution >= 4 is 11.9 Å². The van der Waals surface area contributed by atoms with Crippen LogP contribution in [0.1, 0.15) is 54.4 Å². The Morgan fingerprint density at radius 3 is 2.56 bits per heavy atom. The molecule has 1 amide bonds. The van der Waals surface area contributed by atoms with Crippen molar-refractivity contribution in [2.24, 2.45) is 0 Å². The Kier molecular flexibility index (Phi) is 5.42. The minimum Gasteiger partial charge on any atom is -0.448 e. The van der Waals surface area contributed by atoms with Crippen LogP contribution in [0.25, 0.3) is 0 Å². The highest BCUT2D eigenvalue weighted by Crippen LogP contribution is 2.30. The largest absolute Gasteiger partial charge is 0.448 e. The van der Waals surface area contributed by atoms with Crippen LogP contribution in [-0.2, 0) is 16.0 Å². The predicted octanol–water partition coefficient (Wildman–Crippen LogP) is 2.54. The van der Waals surface area contributed by atoms with Gasteiger partial charge in [-0.25, -0.2) is 4.79 Å². The average molecular weight is 344 g/mol. The van der Waals surface area contributed by atoms with Crippen molar-refractivity contribution in [2.75, 3.05) is 20.6 Å². The van der Waals surface area contributed by atoms with E-state index >= 15 is 0 Å². The fourth-order valence-electron chi connectivity index (χ4n) is 4.01. The number of rotatable bonds is 4. The minimum atomic E-state index is -0.729. The van der Waals surface area contributed by atoms with E-state index in [4.69, 9.17) is 4.74 Å². The van der Waals surface area contributed by atoms with E-state index in [9.17, 15) is 9.59 Å². The summed E-state index contributed by atoms with van der Waals surface area (Å²) in [6.07, 6.45) is 6.82. The molecule has 0 radical (unpaired) electrons. The topological polar surface area (TPSA) is 58.6 Å². The maximum atomic E-state index is 12.6. The lowest BCUT2D eigenvalue weighted by atomic mass is 9.88. The van der Waals surface area contributed by atoms with Crippen LogP contribution >= 0.6 is 0 Å². The van der Waals surface area contributed by atoms with Gasteiger partial charge < -0.3 is 15.0 Å². The van der Waals surface area contributed by atoms with Gasteiger partial charge in [-0.15, -0.1) is 0 Å². The molecule has 1 aliphatic heterocycles. The number of fused-ring (bicyclic) bond motifs is 1. The third-order valence-corrected chi connectivity index (χ3v) is 5.76. The van der Waals surface area contributed by atoms with Crippen molar-refractivity contribution in [1.29, 1.82) is 0 Å². The molecule has 0 spiro atoms. The van der Waals surface area contributed by atoms with Crippen LogP contribution in [-0.4, -0.2) is 49.1 Å². The Hall–Kier alpha value is -1.88. The Bertz CT molecular complexity index is 634. The molecule has 5 heteroatoms. The summed E-state index contributed by atoms with van der Waals surface area (Å²) in [5.74, 6) is -0.591. The second kappa shape index (κ2) is 7.56. The zero-order valence-corrected chi connectivity index (χ0v) is 15.2. The third kappa shape index (κ3) is 3.87. The van der Waals surface area contributed by atoms with Crippen molar-refractivity contribution in [3.8, 4) is 0 Å². The van der Waals surface area contributed by atoms with Gasteiger partial charge in [0.25, 0.3) is 5.91 Å². The molecule has 1 heterocycles. The predicted molar refractivity (Wildman–Crippen MR) is 96.5 cm³/mol. The number of nitrogens with zero attached hydrogens (tertiary/aromatic N) is 1. The molecule has 1 aliphatic carbocycles. The summed E-state index contributed by atoms with van der Waals surface area (Å²) in [6, 6.07) is 7.34. The number of ether oxygens (including phenoxy) is 1. The highest BCUT2D eigenvalue weighted by molar-refractivity contribution is 5.95. The van der Waals surface area contributed by atoms with E-state index in [1.165, 1.54) is 25.7 Å². The fourth-order valence-corrected chi connectivity index (χ4v) is 4.01. The first-order valence-corrected chi connectivity index (χ1v) is 9.26. The van der Waals surface area contributed by atoms with Crippen molar-refractivity contribution in [2.45, 2.75) is 56.6 Å². The summed E-state index contributed by atoms with van der Waals surface area (Å²) in [5.41, 5.74) is 1.46. The van der Waals surface area contributed by atoms with E-state index in [-0.39, 0.29) is 11.4 Å². The van der Waals surface area contributed by atoms with Crippen LogP contribution in [0, 0.1) is 0 Å². The maximum absolute atomic E-state index is 12.6. The summed E-state index contributed by atoms with van der Waals surface area (Å²) in [5, 5.41) is 3.07. The normalized spacial score (nSPS) is 22.7. The van der Waals surface area contributed by atoms with Gasteiger partial charge in [0.05, 0.1) is 5.56 Å². The molecule has 1 saturated carbocycles. The molecular weight excluding hydrogens is 316 g/mol. The molecule has 136 valence electrons. The zero-order valence-electron chi connectivity index (χ0n) is 15.2. The molecule has 1 atom stereocenters. The SMILES string of the molecule is CN(C)C1(CNC(=O)C2Cc3ccccc3C(=O)O2)CCCCCC1. The minimum absolute atomic E-state index is 0.00272. The highest BCUT2D eigenvalue weighted by atomic mass is 16.5. The van der Waals surface area contributed by atoms with Crippen LogP contribution in [0.2, 0.25) is 0 Å². The molecule has 1 N–H and O–H groups in total. The number of hydrogen-bond donors (Lipinski definition) is 1. The molecule has 5 nitrogen and oxygen atoms in total. The third-order valence-electron chi connectivity index (χ3n) is 5.76. The molecule has 0 bridgehead atoms. The van der Waals surface area contributed by atoms with Gasteiger partial charge in [0, 0.05) is 18.5 Å². The van der Waals surface area contributed by atoms with E-state index in [0.717, 1.165) is 18.4 Å². The van der Waals surface area contributed by atoms with Crippen LogP contribution in [0.5, 0.6) is 0 Å². The molecule has 2 aliphatic rings. The first kappa shape index (κ1) is 17.9. The van der Waals surface area contributed by atoms with Gasteiger partial charge in [-0.2, -0.15) is 0 Å². The van der Waals surface area contributed by atoms with Crippen molar-refractivity contribution < 1.29 is 14.3 Å². The van der Waals surface area contributed by atoms with Gasteiger partial charge in [-0.3, -0.25) is 4.79 Å². The summed E-state index contributed by atoms with van der Waals surface area (Å²) >= 11 is 0. The number of hydrogen-bond acceptors (Lipinski definition) is 4. The number of carbonyl (C=O) groups excluding carboxylic acids is 2. The van der Waals surface area contributed by atoms with Crippen LogP contribution in [0.4, 0.5) is 0 Å². The Morgan fingerprint density at radius 2 is 1.88 bits per heavy atom. The lowest BCUT2D eigenvalue weighted by Crippen LogP contribution is -2.54. The van der Waals surface area contributed by atoms with Crippen LogP contribution in [0.3, 0.4) is 0 Å². The van der Waals surface area contributed by atoms with Crippen LogP contribution in [0.15, 0.2) is 24.3 Å². The summed E-state index contributed by atoms with van der Waals surface area (Å²) in [6.45, 7) is 0.606. The number of carbonyl (C=O) groups is 2. The number of esters is 1. The second-order valence-corrected chi connectivity index (χ2v) is 7.51. The van der Waals surface area contributed by atoms with Gasteiger partial charge in [0.1, 0.15) is 0 Å². The van der Waals surface area contributed by atoms with Gasteiger partial charge >= 0.3 is 5.97 Å². The monoisotopic (exact) mass is 344 g/mol. The first-order chi connectivity index (χ1) is 12.0. The van der Waals surface area contributed by atoms with Gasteiger partial charge in [0.2, 0.25) is 0 Å². The number of nitrogens with one attached hydrogen (secondary N) is 1. The van der Waals surface area contributed by atoms with E-state index < -0.39 is 12.1 Å². The summed E-state index contributed by atoms with van der Waals surface area (Å²) in [7, 11) is 4.18. The Labute approximate surface area is 149 Å². The number of benzene rings is 1. The van der Waals surface area contributed by atoms with Gasteiger partial charge in [-0.05, 0) is 38.6 Å². The van der Waals surface area contributed by atoms with E-state index in [0.29, 0.717) is 18.5 Å². The Balaban J connectivity index is 1.65. The van der Waals surface area contributed by atoms with Crippen molar-refractivity contribution in [3.63, 3.8) is 0 Å². The molecule has 1 aromatic rings. The Morgan fingerprint density at radius 1 is 1.20 bits per heavy atom.